The fraction of sp³-hybridized carbons (Fsp3) is 0.500. The molecule has 0 N–H and O–H groups in total. The number of carbonyl (C=O) groups excluding carboxylic acids is 1. The van der Waals surface area contributed by atoms with E-state index in [1.165, 1.54) is 5.56 Å². The highest BCUT2D eigenvalue weighted by atomic mass is 16.5. The average Bonchev–Trinajstić information content (AvgIpc) is 3.00. The smallest absolute Gasteiger partial charge is 0.257 e. The van der Waals surface area contributed by atoms with Crippen molar-refractivity contribution >= 4 is 5.91 Å². The summed E-state index contributed by atoms with van der Waals surface area (Å²) in [6.45, 7) is 9.07. The second-order valence-corrected chi connectivity index (χ2v) is 6.85. The zero-order valence-corrected chi connectivity index (χ0v) is 15.4. The van der Waals surface area contributed by atoms with Gasteiger partial charge in [-0.1, -0.05) is 12.1 Å². The van der Waals surface area contributed by atoms with Crippen molar-refractivity contribution in [3.05, 3.63) is 47.3 Å². The number of likely N-dealkylation sites (tertiary alicyclic amines) is 1. The van der Waals surface area contributed by atoms with Crippen LogP contribution < -0.4 is 4.74 Å². The Bertz CT molecular complexity index is 738. The van der Waals surface area contributed by atoms with Gasteiger partial charge < -0.3 is 9.64 Å². The van der Waals surface area contributed by atoms with Crippen LogP contribution in [0.25, 0.3) is 0 Å². The molecular formula is C20H27N3O2. The van der Waals surface area contributed by atoms with Gasteiger partial charge >= 0.3 is 0 Å². The molecule has 1 aliphatic heterocycles. The number of hydrogen-bond donors (Lipinski definition) is 0. The first kappa shape index (κ1) is 17.5. The van der Waals surface area contributed by atoms with E-state index in [9.17, 15) is 4.79 Å². The van der Waals surface area contributed by atoms with E-state index in [1.807, 2.05) is 41.6 Å². The molecule has 0 saturated carbocycles. The van der Waals surface area contributed by atoms with Crippen LogP contribution in [-0.4, -0.2) is 40.3 Å². The summed E-state index contributed by atoms with van der Waals surface area (Å²) in [5.41, 5.74) is 2.87. The molecule has 0 spiro atoms. The van der Waals surface area contributed by atoms with Crippen LogP contribution in [0.2, 0.25) is 0 Å². The van der Waals surface area contributed by atoms with Crippen LogP contribution in [0.4, 0.5) is 0 Å². The van der Waals surface area contributed by atoms with Crippen LogP contribution in [-0.2, 0) is 6.54 Å². The number of hydrogen-bond acceptors (Lipinski definition) is 3. The van der Waals surface area contributed by atoms with Gasteiger partial charge in [-0.3, -0.25) is 9.48 Å². The molecule has 5 heteroatoms. The van der Waals surface area contributed by atoms with Crippen LogP contribution in [0.15, 0.2) is 30.5 Å². The molecule has 1 aromatic heterocycles. The van der Waals surface area contributed by atoms with Gasteiger partial charge in [0.15, 0.2) is 0 Å². The highest BCUT2D eigenvalue weighted by molar-refractivity contribution is 5.95. The van der Waals surface area contributed by atoms with Gasteiger partial charge in [-0.15, -0.1) is 0 Å². The van der Waals surface area contributed by atoms with Crippen molar-refractivity contribution in [1.82, 2.24) is 14.7 Å². The first-order chi connectivity index (χ1) is 12.1. The molecule has 1 unspecified atom stereocenters. The van der Waals surface area contributed by atoms with E-state index >= 15 is 0 Å². The number of piperidine rings is 1. The number of benzene rings is 1. The van der Waals surface area contributed by atoms with Crippen molar-refractivity contribution < 1.29 is 9.53 Å². The van der Waals surface area contributed by atoms with Gasteiger partial charge in [0.25, 0.3) is 5.91 Å². The molecule has 25 heavy (non-hydrogen) atoms. The number of carbonyl (C=O) groups is 1. The van der Waals surface area contributed by atoms with Gasteiger partial charge in [0, 0.05) is 31.2 Å². The Morgan fingerprint density at radius 1 is 1.36 bits per heavy atom. The third-order valence-corrected chi connectivity index (χ3v) is 4.91. The maximum absolute atomic E-state index is 12.8. The number of nitrogens with zero attached hydrogens (tertiary/aromatic N) is 3. The van der Waals surface area contributed by atoms with Gasteiger partial charge in [0.2, 0.25) is 0 Å². The molecule has 1 aliphatic rings. The zero-order chi connectivity index (χ0) is 17.8. The highest BCUT2D eigenvalue weighted by Gasteiger charge is 2.27. The second-order valence-electron chi connectivity index (χ2n) is 6.85. The predicted molar refractivity (Wildman–Crippen MR) is 97.9 cm³/mol. The molecule has 1 aromatic carbocycles. The second kappa shape index (κ2) is 7.72. The SMILES string of the molecule is CCn1ncc(C(=O)N2CCCC(COc3cccc(C)c3)C2)c1C. The van der Waals surface area contributed by atoms with Crippen LogP contribution >= 0.6 is 0 Å². The first-order valence-electron chi connectivity index (χ1n) is 9.09. The third-order valence-electron chi connectivity index (χ3n) is 4.91. The fourth-order valence-electron chi connectivity index (χ4n) is 3.45. The molecule has 1 amide bonds. The molecule has 0 bridgehead atoms. The monoisotopic (exact) mass is 341 g/mol. The Morgan fingerprint density at radius 3 is 2.92 bits per heavy atom. The summed E-state index contributed by atoms with van der Waals surface area (Å²) in [6.07, 6.45) is 3.82. The van der Waals surface area contributed by atoms with Crippen LogP contribution in [0.3, 0.4) is 0 Å². The van der Waals surface area contributed by atoms with Crippen molar-refractivity contribution in [2.24, 2.45) is 5.92 Å². The van der Waals surface area contributed by atoms with Gasteiger partial charge in [0.1, 0.15) is 5.75 Å². The molecule has 1 atom stereocenters. The normalized spacial score (nSPS) is 17.6. The molecule has 1 saturated heterocycles. The minimum atomic E-state index is 0.0949. The summed E-state index contributed by atoms with van der Waals surface area (Å²) >= 11 is 0. The Balaban J connectivity index is 1.60. The van der Waals surface area contributed by atoms with E-state index in [2.05, 4.69) is 18.1 Å². The lowest BCUT2D eigenvalue weighted by molar-refractivity contribution is 0.0632. The summed E-state index contributed by atoms with van der Waals surface area (Å²) in [6, 6.07) is 8.11. The predicted octanol–water partition coefficient (Wildman–Crippen LogP) is 3.45. The first-order valence-corrected chi connectivity index (χ1v) is 9.09. The van der Waals surface area contributed by atoms with Crippen molar-refractivity contribution in [2.45, 2.75) is 40.2 Å². The third kappa shape index (κ3) is 4.03. The highest BCUT2D eigenvalue weighted by Crippen LogP contribution is 2.22. The lowest BCUT2D eigenvalue weighted by Crippen LogP contribution is -2.41. The molecule has 0 aliphatic carbocycles. The maximum Gasteiger partial charge on any atom is 0.257 e. The summed E-state index contributed by atoms with van der Waals surface area (Å²) in [5, 5.41) is 4.30. The molecule has 3 rings (SSSR count). The Hall–Kier alpha value is -2.30. The molecular weight excluding hydrogens is 314 g/mol. The van der Waals surface area contributed by atoms with Crippen molar-refractivity contribution in [3.8, 4) is 5.75 Å². The Labute approximate surface area is 149 Å². The number of rotatable bonds is 5. The van der Waals surface area contributed by atoms with Gasteiger partial charge in [-0.2, -0.15) is 5.10 Å². The van der Waals surface area contributed by atoms with E-state index in [-0.39, 0.29) is 5.91 Å². The minimum absolute atomic E-state index is 0.0949. The van der Waals surface area contributed by atoms with E-state index < -0.39 is 0 Å². The molecule has 5 nitrogen and oxygen atoms in total. The van der Waals surface area contributed by atoms with E-state index in [0.717, 1.165) is 49.5 Å². The standard InChI is InChI=1S/C20H27N3O2/c1-4-23-16(3)19(12-21-23)20(24)22-10-6-8-17(13-22)14-25-18-9-5-7-15(2)11-18/h5,7,9,11-12,17H,4,6,8,10,13-14H2,1-3H3. The minimum Gasteiger partial charge on any atom is -0.493 e. The number of ether oxygens (including phenoxy) is 1. The molecule has 2 aromatic rings. The largest absolute Gasteiger partial charge is 0.493 e. The summed E-state index contributed by atoms with van der Waals surface area (Å²) < 4.78 is 7.82. The molecule has 0 radical (unpaired) electrons. The van der Waals surface area contributed by atoms with Crippen LogP contribution in [0.1, 0.15) is 41.4 Å². The van der Waals surface area contributed by atoms with E-state index in [0.29, 0.717) is 12.5 Å². The van der Waals surface area contributed by atoms with Crippen LogP contribution in [0.5, 0.6) is 5.75 Å². The van der Waals surface area contributed by atoms with E-state index in [1.54, 1.807) is 6.20 Å². The lowest BCUT2D eigenvalue weighted by atomic mass is 9.98. The fourth-order valence-corrected chi connectivity index (χ4v) is 3.45. The van der Waals surface area contributed by atoms with Crippen molar-refractivity contribution in [2.75, 3.05) is 19.7 Å². The quantitative estimate of drug-likeness (QED) is 0.837. The Kier molecular flexibility index (Phi) is 5.41. The zero-order valence-electron chi connectivity index (χ0n) is 15.4. The van der Waals surface area contributed by atoms with Crippen molar-refractivity contribution in [3.63, 3.8) is 0 Å². The molecule has 2 heterocycles. The maximum atomic E-state index is 12.8. The van der Waals surface area contributed by atoms with Gasteiger partial charge in [0.05, 0.1) is 18.4 Å². The summed E-state index contributed by atoms with van der Waals surface area (Å²) in [5.74, 6) is 1.38. The topological polar surface area (TPSA) is 47.4 Å². The number of aryl methyl sites for hydroxylation is 2. The molecule has 1 fully saturated rings. The Morgan fingerprint density at radius 2 is 2.20 bits per heavy atom. The van der Waals surface area contributed by atoms with E-state index in [4.69, 9.17) is 4.74 Å². The average molecular weight is 341 g/mol. The number of amides is 1. The summed E-state index contributed by atoms with van der Waals surface area (Å²) in [7, 11) is 0. The number of aromatic nitrogens is 2. The van der Waals surface area contributed by atoms with Crippen LogP contribution in [0, 0.1) is 19.8 Å². The molecule has 134 valence electrons. The van der Waals surface area contributed by atoms with Gasteiger partial charge in [-0.05, 0) is 51.3 Å². The summed E-state index contributed by atoms with van der Waals surface area (Å²) in [4.78, 5) is 14.8. The van der Waals surface area contributed by atoms with Crippen molar-refractivity contribution in [1.29, 1.82) is 0 Å². The lowest BCUT2D eigenvalue weighted by Gasteiger charge is -2.32. The van der Waals surface area contributed by atoms with Gasteiger partial charge in [-0.25, -0.2) is 0 Å².